The maximum atomic E-state index is 12.3. The number of carbonyl (C=O) groups is 1. The number of hydrogen-bond donors (Lipinski definition) is 1. The minimum absolute atomic E-state index is 0.107. The van der Waals surface area contributed by atoms with Gasteiger partial charge in [-0.2, -0.15) is 0 Å². The van der Waals surface area contributed by atoms with Crippen molar-refractivity contribution in [2.24, 2.45) is 0 Å². The Morgan fingerprint density at radius 3 is 2.85 bits per heavy atom. The fourth-order valence-electron chi connectivity index (χ4n) is 3.67. The first-order chi connectivity index (χ1) is 12.7. The molecule has 0 spiro atoms. The molecular formula is C21H34N2O3. The van der Waals surface area contributed by atoms with Crippen LogP contribution in [0.4, 0.5) is 0 Å². The molecule has 0 saturated carbocycles. The highest BCUT2D eigenvalue weighted by atomic mass is 16.5. The highest BCUT2D eigenvalue weighted by Crippen LogP contribution is 2.31. The van der Waals surface area contributed by atoms with E-state index in [1.165, 1.54) is 38.6 Å². The molecule has 0 radical (unpaired) electrons. The Morgan fingerprint density at radius 1 is 1.27 bits per heavy atom. The second-order valence-electron chi connectivity index (χ2n) is 7.00. The van der Waals surface area contributed by atoms with Crippen LogP contribution in [0.2, 0.25) is 0 Å². The first kappa shape index (κ1) is 20.6. The van der Waals surface area contributed by atoms with Crippen molar-refractivity contribution >= 4 is 5.91 Å². The number of rotatable bonds is 10. The van der Waals surface area contributed by atoms with Crippen LogP contribution < -0.4 is 14.8 Å². The lowest BCUT2D eigenvalue weighted by Crippen LogP contribution is -2.47. The third-order valence-electron chi connectivity index (χ3n) is 5.19. The van der Waals surface area contributed by atoms with E-state index in [9.17, 15) is 4.79 Å². The van der Waals surface area contributed by atoms with Gasteiger partial charge < -0.3 is 14.8 Å². The summed E-state index contributed by atoms with van der Waals surface area (Å²) in [6.07, 6.45) is 7.31. The molecule has 1 N–H and O–H groups in total. The number of aryl methyl sites for hydroxylation is 1. The summed E-state index contributed by atoms with van der Waals surface area (Å²) in [4.78, 5) is 14.9. The molecule has 5 heteroatoms. The molecule has 5 nitrogen and oxygen atoms in total. The van der Waals surface area contributed by atoms with Crippen molar-refractivity contribution in [2.75, 3.05) is 33.9 Å². The van der Waals surface area contributed by atoms with Gasteiger partial charge in [0.1, 0.15) is 0 Å². The molecule has 2 rings (SSSR count). The predicted molar refractivity (Wildman–Crippen MR) is 105 cm³/mol. The molecule has 0 bridgehead atoms. The number of ether oxygens (including phenoxy) is 2. The molecule has 26 heavy (non-hydrogen) atoms. The number of para-hydroxylation sites is 1. The van der Waals surface area contributed by atoms with Gasteiger partial charge in [0.15, 0.2) is 11.5 Å². The van der Waals surface area contributed by atoms with Gasteiger partial charge in [0.25, 0.3) is 0 Å². The van der Waals surface area contributed by atoms with E-state index in [0.717, 1.165) is 24.4 Å². The summed E-state index contributed by atoms with van der Waals surface area (Å²) in [6, 6.07) is 6.28. The topological polar surface area (TPSA) is 50.8 Å². The Bertz CT molecular complexity index is 562. The van der Waals surface area contributed by atoms with Crippen molar-refractivity contribution in [3.05, 3.63) is 23.8 Å². The van der Waals surface area contributed by atoms with E-state index in [4.69, 9.17) is 9.47 Å². The monoisotopic (exact) mass is 362 g/mol. The fraction of sp³-hybridized carbons (Fsp3) is 0.667. The van der Waals surface area contributed by atoms with Crippen LogP contribution in [0.5, 0.6) is 11.5 Å². The van der Waals surface area contributed by atoms with Crippen LogP contribution in [0.25, 0.3) is 0 Å². The smallest absolute Gasteiger partial charge is 0.220 e. The molecule has 1 aromatic rings. The maximum Gasteiger partial charge on any atom is 0.220 e. The normalized spacial score (nSPS) is 17.7. The quantitative estimate of drug-likeness (QED) is 0.693. The van der Waals surface area contributed by atoms with Gasteiger partial charge in [-0.05, 0) is 50.4 Å². The van der Waals surface area contributed by atoms with E-state index in [1.807, 2.05) is 18.2 Å². The second kappa shape index (κ2) is 11.1. The largest absolute Gasteiger partial charge is 0.493 e. The summed E-state index contributed by atoms with van der Waals surface area (Å²) in [6.45, 7) is 5.31. The third kappa shape index (κ3) is 5.90. The van der Waals surface area contributed by atoms with Crippen molar-refractivity contribution < 1.29 is 14.3 Å². The molecule has 1 aliphatic heterocycles. The molecule has 1 aliphatic rings. The number of nitrogens with zero attached hydrogens (tertiary/aromatic N) is 1. The van der Waals surface area contributed by atoms with Crippen LogP contribution in [-0.4, -0.2) is 50.7 Å². The summed E-state index contributed by atoms with van der Waals surface area (Å²) < 4.78 is 10.8. The van der Waals surface area contributed by atoms with Crippen molar-refractivity contribution in [1.29, 1.82) is 0 Å². The molecule has 0 aliphatic carbocycles. The number of benzene rings is 1. The van der Waals surface area contributed by atoms with Crippen molar-refractivity contribution in [3.63, 3.8) is 0 Å². The molecule has 146 valence electrons. The molecule has 1 saturated heterocycles. The zero-order valence-electron chi connectivity index (χ0n) is 16.6. The first-order valence-electron chi connectivity index (χ1n) is 9.90. The summed E-state index contributed by atoms with van der Waals surface area (Å²) in [5.74, 6) is 1.54. The fourth-order valence-corrected chi connectivity index (χ4v) is 3.67. The third-order valence-corrected chi connectivity index (χ3v) is 5.19. The van der Waals surface area contributed by atoms with Crippen molar-refractivity contribution in [1.82, 2.24) is 10.2 Å². The molecule has 0 aromatic heterocycles. The zero-order valence-corrected chi connectivity index (χ0v) is 16.6. The van der Waals surface area contributed by atoms with Gasteiger partial charge in [-0.25, -0.2) is 0 Å². The van der Waals surface area contributed by atoms with E-state index in [-0.39, 0.29) is 5.91 Å². The van der Waals surface area contributed by atoms with Crippen LogP contribution in [0.1, 0.15) is 51.0 Å². The first-order valence-corrected chi connectivity index (χ1v) is 9.90. The average molecular weight is 363 g/mol. The molecule has 1 atom stereocenters. The van der Waals surface area contributed by atoms with Gasteiger partial charge in [-0.15, -0.1) is 0 Å². The van der Waals surface area contributed by atoms with Gasteiger partial charge in [0, 0.05) is 19.0 Å². The number of unbranched alkanes of at least 4 members (excludes halogenated alkanes) is 1. The standard InChI is InChI=1S/C21H34N2O3/c1-4-5-14-23-15-7-6-10-18(23)16-22-20(24)13-12-17-9-8-11-19(25-2)21(17)26-3/h8-9,11,18H,4-7,10,12-16H2,1-3H3,(H,22,24). The Kier molecular flexibility index (Phi) is 8.75. The van der Waals surface area contributed by atoms with Crippen molar-refractivity contribution in [2.45, 2.75) is 57.9 Å². The second-order valence-corrected chi connectivity index (χ2v) is 7.00. The molecule has 1 heterocycles. The molecule has 1 amide bonds. The number of piperidine rings is 1. The Hall–Kier alpha value is -1.75. The SMILES string of the molecule is CCCCN1CCCCC1CNC(=O)CCc1cccc(OC)c1OC. The van der Waals surface area contributed by atoms with Gasteiger partial charge in [0.2, 0.25) is 5.91 Å². The number of carbonyl (C=O) groups excluding carboxylic acids is 1. The summed E-state index contributed by atoms with van der Waals surface area (Å²) in [5.41, 5.74) is 1.00. The highest BCUT2D eigenvalue weighted by Gasteiger charge is 2.22. The molecule has 1 aromatic carbocycles. The number of nitrogens with one attached hydrogen (secondary N) is 1. The number of hydrogen-bond acceptors (Lipinski definition) is 4. The summed E-state index contributed by atoms with van der Waals surface area (Å²) in [5, 5.41) is 3.14. The summed E-state index contributed by atoms with van der Waals surface area (Å²) >= 11 is 0. The Labute approximate surface area is 158 Å². The van der Waals surface area contributed by atoms with E-state index >= 15 is 0 Å². The van der Waals surface area contributed by atoms with E-state index < -0.39 is 0 Å². The maximum absolute atomic E-state index is 12.3. The Balaban J connectivity index is 1.81. The van der Waals surface area contributed by atoms with E-state index in [1.54, 1.807) is 14.2 Å². The minimum Gasteiger partial charge on any atom is -0.493 e. The van der Waals surface area contributed by atoms with Crippen LogP contribution in [0.15, 0.2) is 18.2 Å². The summed E-state index contributed by atoms with van der Waals surface area (Å²) in [7, 11) is 3.26. The van der Waals surface area contributed by atoms with Crippen LogP contribution in [0, 0.1) is 0 Å². The number of amides is 1. The molecular weight excluding hydrogens is 328 g/mol. The van der Waals surface area contributed by atoms with Gasteiger partial charge in [0.05, 0.1) is 14.2 Å². The van der Waals surface area contributed by atoms with E-state index in [2.05, 4.69) is 17.1 Å². The lowest BCUT2D eigenvalue weighted by atomic mass is 10.0. The van der Waals surface area contributed by atoms with Crippen molar-refractivity contribution in [3.8, 4) is 11.5 Å². The molecule has 1 fully saturated rings. The zero-order chi connectivity index (χ0) is 18.8. The van der Waals surface area contributed by atoms with Crippen LogP contribution >= 0.6 is 0 Å². The van der Waals surface area contributed by atoms with Crippen LogP contribution in [0.3, 0.4) is 0 Å². The Morgan fingerprint density at radius 2 is 2.12 bits per heavy atom. The predicted octanol–water partition coefficient (Wildman–Crippen LogP) is 3.41. The highest BCUT2D eigenvalue weighted by molar-refractivity contribution is 5.76. The lowest BCUT2D eigenvalue weighted by Gasteiger charge is -2.35. The van der Waals surface area contributed by atoms with Gasteiger partial charge in [-0.3, -0.25) is 9.69 Å². The lowest BCUT2D eigenvalue weighted by molar-refractivity contribution is -0.121. The number of methoxy groups -OCH3 is 2. The molecule has 1 unspecified atom stereocenters. The van der Waals surface area contributed by atoms with Gasteiger partial charge >= 0.3 is 0 Å². The van der Waals surface area contributed by atoms with Gasteiger partial charge in [-0.1, -0.05) is 31.9 Å². The average Bonchev–Trinajstić information content (AvgIpc) is 2.69. The minimum atomic E-state index is 0.107. The number of likely N-dealkylation sites (tertiary alicyclic amines) is 1. The van der Waals surface area contributed by atoms with Crippen LogP contribution in [-0.2, 0) is 11.2 Å². The van der Waals surface area contributed by atoms with E-state index in [0.29, 0.717) is 24.6 Å².